The molecule has 3 aromatic rings. The number of esters is 1. The predicted octanol–water partition coefficient (Wildman–Crippen LogP) is 3.99. The molecule has 0 spiro atoms. The number of carbonyl (C=O) groups excluding carboxylic acids is 1. The molecule has 0 aliphatic carbocycles. The highest BCUT2D eigenvalue weighted by Crippen LogP contribution is 2.36. The highest BCUT2D eigenvalue weighted by Gasteiger charge is 2.12. The van der Waals surface area contributed by atoms with Crippen LogP contribution in [-0.2, 0) is 22.7 Å². The quantitative estimate of drug-likeness (QED) is 0.345. The Balaban J connectivity index is 1.35. The van der Waals surface area contributed by atoms with Crippen molar-refractivity contribution in [2.24, 2.45) is 4.76 Å². The van der Waals surface area contributed by atoms with Crippen LogP contribution in [0.25, 0.3) is 17.3 Å². The van der Waals surface area contributed by atoms with Crippen LogP contribution in [0, 0.1) is 0 Å². The molecule has 0 amide bonds. The normalized spacial score (nSPS) is 14.8. The van der Waals surface area contributed by atoms with Gasteiger partial charge in [0, 0.05) is 25.8 Å². The van der Waals surface area contributed by atoms with E-state index < -0.39 is 8.07 Å². The topological polar surface area (TPSA) is 68.3 Å². The van der Waals surface area contributed by atoms with Gasteiger partial charge in [-0.1, -0.05) is 30.3 Å². The van der Waals surface area contributed by atoms with E-state index in [2.05, 4.69) is 22.2 Å². The summed E-state index contributed by atoms with van der Waals surface area (Å²) < 4.78 is 11.7. The average Bonchev–Trinajstić information content (AvgIpc) is 2.98. The predicted molar refractivity (Wildman–Crippen MR) is 118 cm³/mol. The molecular formula is C23H22N4O2P+. The molecule has 150 valence electrons. The third-order valence-corrected chi connectivity index (χ3v) is 5.70. The van der Waals surface area contributed by atoms with E-state index in [1.54, 1.807) is 12.4 Å². The minimum atomic E-state index is -0.491. The molecule has 30 heavy (non-hydrogen) atoms. The Morgan fingerprint density at radius 3 is 2.70 bits per heavy atom. The Kier molecular flexibility index (Phi) is 6.35. The van der Waals surface area contributed by atoms with Crippen molar-refractivity contribution in [1.29, 1.82) is 0 Å². The number of benzene rings is 1. The summed E-state index contributed by atoms with van der Waals surface area (Å²) in [5, 5.41) is 0. The van der Waals surface area contributed by atoms with Gasteiger partial charge in [0.05, 0.1) is 23.8 Å². The van der Waals surface area contributed by atoms with Gasteiger partial charge in [-0.3, -0.25) is 14.5 Å². The van der Waals surface area contributed by atoms with E-state index in [0.717, 1.165) is 28.2 Å². The molecule has 1 aromatic carbocycles. The van der Waals surface area contributed by atoms with Gasteiger partial charge < -0.3 is 4.74 Å². The van der Waals surface area contributed by atoms with E-state index in [4.69, 9.17) is 9.72 Å². The van der Waals surface area contributed by atoms with E-state index in [1.165, 1.54) is 0 Å². The minimum absolute atomic E-state index is 0.212. The van der Waals surface area contributed by atoms with Gasteiger partial charge in [-0.25, -0.2) is 9.55 Å². The Hall–Kier alpha value is -3.24. The lowest BCUT2D eigenvalue weighted by Gasteiger charge is -2.05. The smallest absolute Gasteiger partial charge is 0.312 e. The van der Waals surface area contributed by atoms with Crippen LogP contribution in [0.1, 0.15) is 23.4 Å². The first-order valence-electron chi connectivity index (χ1n) is 9.68. The number of aromatic nitrogens is 3. The third-order valence-electron chi connectivity index (χ3n) is 4.64. The molecule has 6 nitrogen and oxygen atoms in total. The van der Waals surface area contributed by atoms with Crippen LogP contribution < -0.4 is 4.57 Å². The van der Waals surface area contributed by atoms with E-state index in [0.29, 0.717) is 19.6 Å². The number of ether oxygens (including phenoxy) is 1. The van der Waals surface area contributed by atoms with Crippen LogP contribution in [0.15, 0.2) is 71.6 Å². The molecule has 3 heterocycles. The molecule has 0 N–H and O–H groups in total. The number of nitrogens with zero attached hydrogens (tertiary/aromatic N) is 4. The number of fused-ring (bicyclic) bond motifs is 1. The fourth-order valence-corrected chi connectivity index (χ4v) is 3.67. The van der Waals surface area contributed by atoms with Crippen molar-refractivity contribution in [2.45, 2.75) is 19.6 Å². The second-order valence-electron chi connectivity index (χ2n) is 6.88. The molecule has 0 radical (unpaired) electrons. The molecule has 1 aliphatic heterocycles. The summed E-state index contributed by atoms with van der Waals surface area (Å²) in [6.45, 7) is 2.95. The zero-order chi connectivity index (χ0) is 20.8. The molecule has 0 saturated heterocycles. The van der Waals surface area contributed by atoms with Crippen molar-refractivity contribution < 1.29 is 14.1 Å². The van der Waals surface area contributed by atoms with E-state index in [9.17, 15) is 4.79 Å². The Morgan fingerprint density at radius 1 is 1.10 bits per heavy atom. The first kappa shape index (κ1) is 20.0. The average molecular weight is 417 g/mol. The summed E-state index contributed by atoms with van der Waals surface area (Å²) in [7, 11) is -0.491. The molecular weight excluding hydrogens is 395 g/mol. The number of aryl methyl sites for hydroxylation is 1. The van der Waals surface area contributed by atoms with Gasteiger partial charge in [0.15, 0.2) is 18.9 Å². The summed E-state index contributed by atoms with van der Waals surface area (Å²) in [5.41, 5.74) is 4.40. The fraction of sp³-hybridized carbons (Fsp3) is 0.174. The lowest BCUT2D eigenvalue weighted by atomic mass is 10.2. The third kappa shape index (κ3) is 5.22. The first-order chi connectivity index (χ1) is 14.7. The largest absolute Gasteiger partial charge is 0.461 e. The summed E-state index contributed by atoms with van der Waals surface area (Å²) in [4.78, 5) is 21.2. The number of hydrogen-bond acceptors (Lipinski definition) is 5. The second kappa shape index (κ2) is 9.51. The zero-order valence-corrected chi connectivity index (χ0v) is 17.6. The van der Waals surface area contributed by atoms with Gasteiger partial charge in [0.2, 0.25) is 0 Å². The standard InChI is InChI=1S/C23H22N4O2P/c1-30-14-10-20-22(16-25-30)24-15-21(26-20)19-7-11-27(12-8-19)13-9-23(28)29-17-18-5-3-2-4-6-18/h2-8,10-12,14-16H,9,13,17H2,1H3/q+1. The van der Waals surface area contributed by atoms with Crippen LogP contribution in [0.2, 0.25) is 0 Å². The van der Waals surface area contributed by atoms with Gasteiger partial charge in [-0.15, -0.1) is 0 Å². The van der Waals surface area contributed by atoms with E-state index in [1.807, 2.05) is 65.5 Å². The number of hydrogen-bond donors (Lipinski definition) is 0. The maximum atomic E-state index is 12.0. The molecule has 0 saturated carbocycles. The van der Waals surface area contributed by atoms with Crippen molar-refractivity contribution >= 4 is 26.3 Å². The van der Waals surface area contributed by atoms with Gasteiger partial charge in [-0.05, 0) is 24.1 Å². The monoisotopic (exact) mass is 417 g/mol. The molecule has 7 heteroatoms. The molecule has 1 unspecified atom stereocenters. The molecule has 2 aromatic heterocycles. The molecule has 1 aliphatic rings. The van der Waals surface area contributed by atoms with Gasteiger partial charge in [0.1, 0.15) is 18.7 Å². The fourth-order valence-electron chi connectivity index (χ4n) is 2.94. The van der Waals surface area contributed by atoms with Crippen molar-refractivity contribution in [3.05, 3.63) is 83.8 Å². The maximum absolute atomic E-state index is 12.0. The highest BCUT2D eigenvalue weighted by molar-refractivity contribution is 7.59. The minimum Gasteiger partial charge on any atom is -0.461 e. The SMILES string of the molecule is CP1C=Cc2nc(-c3cc[n+](CCC(=O)OCc4ccccc4)cc3)cnc2C=N1. The molecule has 0 bridgehead atoms. The van der Waals surface area contributed by atoms with Gasteiger partial charge in [-0.2, -0.15) is 0 Å². The van der Waals surface area contributed by atoms with Crippen molar-refractivity contribution in [1.82, 2.24) is 9.97 Å². The number of rotatable bonds is 6. The van der Waals surface area contributed by atoms with Gasteiger partial charge >= 0.3 is 5.97 Å². The molecule has 4 rings (SSSR count). The molecule has 0 fully saturated rings. The summed E-state index contributed by atoms with van der Waals surface area (Å²) >= 11 is 0. The number of pyridine rings is 1. The van der Waals surface area contributed by atoms with Gasteiger partial charge in [0.25, 0.3) is 0 Å². The van der Waals surface area contributed by atoms with Crippen LogP contribution in [0.4, 0.5) is 0 Å². The Labute approximate surface area is 176 Å². The second-order valence-corrected chi connectivity index (χ2v) is 8.56. The van der Waals surface area contributed by atoms with Crippen molar-refractivity contribution in [3.63, 3.8) is 0 Å². The van der Waals surface area contributed by atoms with Crippen LogP contribution in [0.3, 0.4) is 0 Å². The van der Waals surface area contributed by atoms with Crippen LogP contribution in [0.5, 0.6) is 0 Å². The summed E-state index contributed by atoms with van der Waals surface area (Å²) in [6, 6.07) is 13.6. The van der Waals surface area contributed by atoms with Crippen LogP contribution >= 0.6 is 8.07 Å². The molecule has 1 atom stereocenters. The highest BCUT2D eigenvalue weighted by atomic mass is 31.1. The van der Waals surface area contributed by atoms with E-state index >= 15 is 0 Å². The summed E-state index contributed by atoms with van der Waals surface area (Å²) in [6.07, 6.45) is 9.76. The first-order valence-corrected chi connectivity index (χ1v) is 11.5. The number of carbonyl (C=O) groups is 1. The van der Waals surface area contributed by atoms with E-state index in [-0.39, 0.29) is 5.97 Å². The Morgan fingerprint density at radius 2 is 1.90 bits per heavy atom. The van der Waals surface area contributed by atoms with Crippen LogP contribution in [-0.4, -0.2) is 28.8 Å². The maximum Gasteiger partial charge on any atom is 0.312 e. The van der Waals surface area contributed by atoms with Crippen molar-refractivity contribution in [3.8, 4) is 11.3 Å². The Bertz CT molecular complexity index is 1080. The lowest BCUT2D eigenvalue weighted by Crippen LogP contribution is -2.34. The summed E-state index contributed by atoms with van der Waals surface area (Å²) in [5.74, 6) is 1.86. The van der Waals surface area contributed by atoms with Crippen molar-refractivity contribution in [2.75, 3.05) is 6.66 Å². The lowest BCUT2D eigenvalue weighted by molar-refractivity contribution is -0.695. The zero-order valence-electron chi connectivity index (χ0n) is 16.7.